The van der Waals surface area contributed by atoms with Crippen LogP contribution in [-0.2, 0) is 19.4 Å². The second-order valence-corrected chi connectivity index (χ2v) is 7.87. The first-order chi connectivity index (χ1) is 7.48. The highest BCUT2D eigenvalue weighted by Gasteiger charge is 2.26. The maximum Gasteiger partial charge on any atom is 0.339 e. The lowest BCUT2D eigenvalue weighted by atomic mass is 10.6. The largest absolute Gasteiger partial charge is 0.339 e. The van der Waals surface area contributed by atoms with E-state index >= 15 is 0 Å². The minimum Gasteiger partial charge on any atom is -0.324 e. The number of hydrogen-bond acceptors (Lipinski definition) is 5. The van der Waals surface area contributed by atoms with Crippen LogP contribution in [-0.4, -0.2) is 53.5 Å². The molecule has 0 aliphatic heterocycles. The molecule has 0 aromatic heterocycles. The maximum atomic E-state index is 11.6. The summed E-state index contributed by atoms with van der Waals surface area (Å²) in [5.41, 5.74) is 0. The number of nitrogens with zero attached hydrogens (tertiary/aromatic N) is 1. The van der Waals surface area contributed by atoms with Crippen molar-refractivity contribution >= 4 is 23.5 Å². The molecule has 0 rings (SSSR count). The van der Waals surface area contributed by atoms with E-state index in [1.807, 2.05) is 0 Å². The summed E-state index contributed by atoms with van der Waals surface area (Å²) >= 11 is 0. The van der Waals surface area contributed by atoms with Crippen molar-refractivity contribution in [2.45, 2.75) is 19.1 Å². The molecule has 1 amide bonds. The molecule has 0 saturated heterocycles. The average Bonchev–Trinajstić information content (AvgIpc) is 2.13. The van der Waals surface area contributed by atoms with Crippen molar-refractivity contribution in [3.05, 3.63) is 0 Å². The van der Waals surface area contributed by atoms with Gasteiger partial charge < -0.3 is 9.79 Å². The predicted octanol–water partition coefficient (Wildman–Crippen LogP) is -1.09. The van der Waals surface area contributed by atoms with Gasteiger partial charge in [-0.1, -0.05) is 0 Å². The van der Waals surface area contributed by atoms with Crippen molar-refractivity contribution in [3.63, 3.8) is 0 Å². The fraction of sp³-hybridized carbons (Fsp3) is 0.857. The van der Waals surface area contributed by atoms with Crippen molar-refractivity contribution in [3.8, 4) is 0 Å². The van der Waals surface area contributed by atoms with Gasteiger partial charge in [0, 0.05) is 7.05 Å². The number of sulfonamides is 1. The molecule has 17 heavy (non-hydrogen) atoms. The SMILES string of the molecule is CC(C)S(=O)(=O)N(C)C(=O)CNCP(=O)(O)O. The normalized spacial score (nSPS) is 12.8. The Morgan fingerprint density at radius 1 is 1.41 bits per heavy atom. The van der Waals surface area contributed by atoms with Crippen molar-refractivity contribution in [2.24, 2.45) is 0 Å². The van der Waals surface area contributed by atoms with Crippen molar-refractivity contribution in [2.75, 3.05) is 19.9 Å². The van der Waals surface area contributed by atoms with Gasteiger partial charge in [0.15, 0.2) is 0 Å². The Morgan fingerprint density at radius 3 is 2.24 bits per heavy atom. The van der Waals surface area contributed by atoms with Crippen LogP contribution in [0.1, 0.15) is 13.8 Å². The summed E-state index contributed by atoms with van der Waals surface area (Å²) in [5.74, 6) is -0.771. The van der Waals surface area contributed by atoms with Crippen LogP contribution >= 0.6 is 7.60 Å². The van der Waals surface area contributed by atoms with Crippen LogP contribution in [0, 0.1) is 0 Å². The molecule has 3 N–H and O–H groups in total. The Bertz CT molecular complexity index is 414. The number of likely N-dealkylation sites (N-methyl/N-ethyl adjacent to an activating group) is 1. The molecule has 0 spiro atoms. The van der Waals surface area contributed by atoms with Crippen molar-refractivity contribution in [1.29, 1.82) is 0 Å². The number of hydrogen-bond donors (Lipinski definition) is 3. The van der Waals surface area contributed by atoms with Gasteiger partial charge in [-0.05, 0) is 13.8 Å². The van der Waals surface area contributed by atoms with Crippen molar-refractivity contribution < 1.29 is 27.6 Å². The van der Waals surface area contributed by atoms with E-state index in [0.717, 1.165) is 7.05 Å². The van der Waals surface area contributed by atoms with Gasteiger partial charge in [-0.15, -0.1) is 0 Å². The monoisotopic (exact) mass is 288 g/mol. The molecule has 0 aromatic carbocycles. The van der Waals surface area contributed by atoms with E-state index in [9.17, 15) is 17.8 Å². The van der Waals surface area contributed by atoms with E-state index in [1.165, 1.54) is 13.8 Å². The Kier molecular flexibility index (Phi) is 5.76. The number of carbonyl (C=O) groups is 1. The summed E-state index contributed by atoms with van der Waals surface area (Å²) in [5, 5.41) is 1.46. The van der Waals surface area contributed by atoms with Gasteiger partial charge in [0.2, 0.25) is 15.9 Å². The van der Waals surface area contributed by atoms with Crippen LogP contribution in [0.3, 0.4) is 0 Å². The van der Waals surface area contributed by atoms with Crippen LogP contribution < -0.4 is 5.32 Å². The van der Waals surface area contributed by atoms with E-state index < -0.39 is 41.6 Å². The summed E-state index contributed by atoms with van der Waals surface area (Å²) in [7, 11) is -6.83. The average molecular weight is 288 g/mol. The zero-order chi connectivity index (χ0) is 13.9. The quantitative estimate of drug-likeness (QED) is 0.530. The fourth-order valence-electron chi connectivity index (χ4n) is 0.878. The first kappa shape index (κ1) is 16.5. The molecule has 0 aromatic rings. The van der Waals surface area contributed by atoms with Gasteiger partial charge in [0.05, 0.1) is 18.1 Å². The molecule has 10 heteroatoms. The molecule has 102 valence electrons. The molecule has 0 bridgehead atoms. The third-order valence-corrected chi connectivity index (χ3v) is 4.72. The summed E-state index contributed by atoms with van der Waals surface area (Å²) in [6.45, 7) is 2.41. The Balaban J connectivity index is 4.40. The summed E-state index contributed by atoms with van der Waals surface area (Å²) in [4.78, 5) is 28.5. The minimum absolute atomic E-state index is 0.451. The number of nitrogens with one attached hydrogen (secondary N) is 1. The van der Waals surface area contributed by atoms with Gasteiger partial charge in [0.25, 0.3) is 0 Å². The van der Waals surface area contributed by atoms with Gasteiger partial charge in [-0.25, -0.2) is 12.7 Å². The number of carbonyl (C=O) groups excluding carboxylic acids is 1. The van der Waals surface area contributed by atoms with Gasteiger partial charge in [0.1, 0.15) is 0 Å². The van der Waals surface area contributed by atoms with E-state index in [0.29, 0.717) is 4.31 Å². The van der Waals surface area contributed by atoms with Gasteiger partial charge in [-0.2, -0.15) is 0 Å². The Labute approximate surface area is 100 Å². The van der Waals surface area contributed by atoms with Crippen LogP contribution in [0.25, 0.3) is 0 Å². The van der Waals surface area contributed by atoms with Gasteiger partial charge >= 0.3 is 7.60 Å². The summed E-state index contributed by atoms with van der Waals surface area (Å²) in [6, 6.07) is 0. The Hall–Kier alpha value is -0.470. The predicted molar refractivity (Wildman–Crippen MR) is 61.7 cm³/mol. The smallest absolute Gasteiger partial charge is 0.324 e. The van der Waals surface area contributed by atoms with Gasteiger partial charge in [-0.3, -0.25) is 14.7 Å². The first-order valence-electron chi connectivity index (χ1n) is 4.74. The third-order valence-electron chi connectivity index (χ3n) is 1.92. The van der Waals surface area contributed by atoms with E-state index in [-0.39, 0.29) is 0 Å². The van der Waals surface area contributed by atoms with Crippen LogP contribution in [0.4, 0.5) is 0 Å². The molecule has 0 fully saturated rings. The molecular weight excluding hydrogens is 271 g/mol. The highest BCUT2D eigenvalue weighted by molar-refractivity contribution is 7.90. The lowest BCUT2D eigenvalue weighted by molar-refractivity contribution is -0.124. The molecule has 0 radical (unpaired) electrons. The molecule has 0 aliphatic carbocycles. The first-order valence-corrected chi connectivity index (χ1v) is 8.04. The zero-order valence-corrected chi connectivity index (χ0v) is 11.5. The van der Waals surface area contributed by atoms with Crippen LogP contribution in [0.2, 0.25) is 0 Å². The lowest BCUT2D eigenvalue weighted by Gasteiger charge is -2.20. The standard InChI is InChI=1S/C7H17N2O6PS/c1-6(2)17(14,15)9(3)7(10)4-8-5-16(11,12)13/h6,8H,4-5H2,1-3H3,(H2,11,12,13). The Morgan fingerprint density at radius 2 is 1.88 bits per heavy atom. The molecule has 0 aliphatic rings. The van der Waals surface area contributed by atoms with Crippen molar-refractivity contribution in [1.82, 2.24) is 9.62 Å². The summed E-state index contributed by atoms with van der Waals surface area (Å²) in [6.07, 6.45) is -0.672. The van der Waals surface area contributed by atoms with E-state index in [4.69, 9.17) is 9.79 Å². The second kappa shape index (κ2) is 5.92. The van der Waals surface area contributed by atoms with E-state index in [1.54, 1.807) is 0 Å². The molecule has 0 atom stereocenters. The highest BCUT2D eigenvalue weighted by Crippen LogP contribution is 2.31. The molecule has 8 nitrogen and oxygen atoms in total. The topological polar surface area (TPSA) is 124 Å². The molecule has 0 heterocycles. The van der Waals surface area contributed by atoms with E-state index in [2.05, 4.69) is 5.32 Å². The number of amides is 1. The lowest BCUT2D eigenvalue weighted by Crippen LogP contribution is -2.42. The minimum atomic E-state index is -4.24. The highest BCUT2D eigenvalue weighted by atomic mass is 32.2. The molecule has 0 unspecified atom stereocenters. The maximum absolute atomic E-state index is 11.6. The molecule has 0 saturated carbocycles. The summed E-state index contributed by atoms with van der Waals surface area (Å²) < 4.78 is 34.2. The zero-order valence-electron chi connectivity index (χ0n) is 9.82. The third kappa shape index (κ3) is 5.60. The molecular formula is C7H17N2O6PS. The second-order valence-electron chi connectivity index (χ2n) is 3.70. The van der Waals surface area contributed by atoms with Crippen LogP contribution in [0.5, 0.6) is 0 Å². The van der Waals surface area contributed by atoms with Crippen LogP contribution in [0.15, 0.2) is 0 Å². The number of rotatable bonds is 6. The fourth-order valence-corrected chi connectivity index (χ4v) is 2.26.